The van der Waals surface area contributed by atoms with Crippen LogP contribution in [-0.4, -0.2) is 16.1 Å². The van der Waals surface area contributed by atoms with Gasteiger partial charge in [-0.3, -0.25) is 9.59 Å². The van der Waals surface area contributed by atoms with E-state index in [2.05, 4.69) is 4.98 Å². The van der Waals surface area contributed by atoms with Crippen LogP contribution in [0.4, 0.5) is 0 Å². The van der Waals surface area contributed by atoms with Gasteiger partial charge in [0.25, 0.3) is 0 Å². The van der Waals surface area contributed by atoms with Gasteiger partial charge < -0.3 is 10.1 Å². The molecule has 0 amide bonds. The molecule has 0 bridgehead atoms. The number of benzene rings is 2. The molecule has 116 valence electrons. The van der Waals surface area contributed by atoms with E-state index < -0.39 is 5.97 Å². The Morgan fingerprint density at radius 3 is 2.52 bits per heavy atom. The Bertz CT molecular complexity index is 958. The van der Waals surface area contributed by atoms with Crippen LogP contribution in [0.25, 0.3) is 22.0 Å². The molecule has 0 unspecified atom stereocenters. The summed E-state index contributed by atoms with van der Waals surface area (Å²) in [4.78, 5) is 25.7. The fourth-order valence-corrected chi connectivity index (χ4v) is 2.94. The van der Waals surface area contributed by atoms with Gasteiger partial charge in [0.15, 0.2) is 0 Å². The van der Waals surface area contributed by atoms with Crippen LogP contribution in [0.2, 0.25) is 5.02 Å². The summed E-state index contributed by atoms with van der Waals surface area (Å²) in [6, 6.07) is 12.2. The third kappa shape index (κ3) is 2.98. The first-order chi connectivity index (χ1) is 11.0. The number of carboxylic acid groups (broad SMARTS) is 1. The van der Waals surface area contributed by atoms with Crippen molar-refractivity contribution in [3.05, 3.63) is 69.0 Å². The molecule has 0 atom stereocenters. The Morgan fingerprint density at radius 1 is 1.17 bits per heavy atom. The summed E-state index contributed by atoms with van der Waals surface area (Å²) in [7, 11) is 0. The number of aromatic amines is 1. The van der Waals surface area contributed by atoms with E-state index in [9.17, 15) is 14.7 Å². The summed E-state index contributed by atoms with van der Waals surface area (Å²) in [5.41, 5.74) is 3.74. The second-order valence-electron chi connectivity index (χ2n) is 5.41. The highest BCUT2D eigenvalue weighted by Gasteiger charge is 2.16. The fourth-order valence-electron chi connectivity index (χ4n) is 2.81. The molecule has 23 heavy (non-hydrogen) atoms. The first kappa shape index (κ1) is 15.3. The van der Waals surface area contributed by atoms with Gasteiger partial charge in [-0.1, -0.05) is 23.7 Å². The third-order valence-electron chi connectivity index (χ3n) is 3.82. The quantitative estimate of drug-likeness (QED) is 0.769. The number of carboxylic acids is 1. The molecule has 0 radical (unpaired) electrons. The van der Waals surface area contributed by atoms with Crippen molar-refractivity contribution >= 4 is 28.5 Å². The van der Waals surface area contributed by atoms with Crippen LogP contribution in [0, 0.1) is 6.92 Å². The highest BCUT2D eigenvalue weighted by molar-refractivity contribution is 6.30. The summed E-state index contributed by atoms with van der Waals surface area (Å²) >= 11 is 5.95. The minimum atomic E-state index is -0.896. The second kappa shape index (κ2) is 5.89. The summed E-state index contributed by atoms with van der Waals surface area (Å²) in [5.74, 6) is -0.896. The van der Waals surface area contributed by atoms with Crippen LogP contribution in [0.5, 0.6) is 0 Å². The van der Waals surface area contributed by atoms with Gasteiger partial charge in [0.2, 0.25) is 5.56 Å². The maximum absolute atomic E-state index is 11.6. The molecule has 0 saturated heterocycles. The molecule has 3 aromatic rings. The van der Waals surface area contributed by atoms with Crippen molar-refractivity contribution in [2.75, 3.05) is 0 Å². The van der Waals surface area contributed by atoms with E-state index in [4.69, 9.17) is 11.6 Å². The number of fused-ring (bicyclic) bond motifs is 1. The van der Waals surface area contributed by atoms with Gasteiger partial charge in [0, 0.05) is 22.0 Å². The smallest absolute Gasteiger partial charge is 0.307 e. The number of aromatic nitrogens is 1. The first-order valence-electron chi connectivity index (χ1n) is 7.09. The number of hydrogen-bond acceptors (Lipinski definition) is 2. The Kier molecular flexibility index (Phi) is 3.92. The number of pyridine rings is 1. The lowest BCUT2D eigenvalue weighted by molar-refractivity contribution is -0.136. The molecule has 0 fully saturated rings. The SMILES string of the molecule is Cc1cc2[nH]c(=O)ccc2c(-c2ccc(Cl)cc2)c1CC(=O)O. The predicted octanol–water partition coefficient (Wildman–Crippen LogP) is 3.78. The summed E-state index contributed by atoms with van der Waals surface area (Å²) in [6.45, 7) is 1.85. The largest absolute Gasteiger partial charge is 0.481 e. The lowest BCUT2D eigenvalue weighted by Gasteiger charge is -2.15. The average Bonchev–Trinajstić information content (AvgIpc) is 2.49. The minimum absolute atomic E-state index is 0.0845. The monoisotopic (exact) mass is 327 g/mol. The highest BCUT2D eigenvalue weighted by Crippen LogP contribution is 2.34. The number of H-pyrrole nitrogens is 1. The molecule has 1 heterocycles. The third-order valence-corrected chi connectivity index (χ3v) is 4.07. The van der Waals surface area contributed by atoms with E-state index >= 15 is 0 Å². The Labute approximate surface area is 137 Å². The lowest BCUT2D eigenvalue weighted by atomic mass is 9.90. The van der Waals surface area contributed by atoms with Gasteiger partial charge in [0.05, 0.1) is 6.42 Å². The van der Waals surface area contributed by atoms with Crippen LogP contribution in [0.3, 0.4) is 0 Å². The number of carbonyl (C=O) groups is 1. The fraction of sp³-hybridized carbons (Fsp3) is 0.111. The van der Waals surface area contributed by atoms with Gasteiger partial charge in [0.1, 0.15) is 0 Å². The van der Waals surface area contributed by atoms with Gasteiger partial charge >= 0.3 is 5.97 Å². The Balaban J connectivity index is 2.40. The Hall–Kier alpha value is -2.59. The molecular formula is C18H14ClNO3. The summed E-state index contributed by atoms with van der Waals surface area (Å²) < 4.78 is 0. The normalized spacial score (nSPS) is 10.9. The number of rotatable bonds is 3. The minimum Gasteiger partial charge on any atom is -0.481 e. The second-order valence-corrected chi connectivity index (χ2v) is 5.84. The lowest BCUT2D eigenvalue weighted by Crippen LogP contribution is -2.08. The average molecular weight is 328 g/mol. The van der Waals surface area contributed by atoms with E-state index in [1.54, 1.807) is 18.2 Å². The van der Waals surface area contributed by atoms with E-state index in [0.29, 0.717) is 10.5 Å². The zero-order valence-corrected chi connectivity index (χ0v) is 13.1. The van der Waals surface area contributed by atoms with Crippen LogP contribution < -0.4 is 5.56 Å². The van der Waals surface area contributed by atoms with E-state index in [1.165, 1.54) is 6.07 Å². The number of halogens is 1. The summed E-state index contributed by atoms with van der Waals surface area (Å²) in [6.07, 6.45) is -0.0845. The van der Waals surface area contributed by atoms with Crippen molar-refractivity contribution in [3.8, 4) is 11.1 Å². The molecule has 4 nitrogen and oxygen atoms in total. The molecule has 2 N–H and O–H groups in total. The van der Waals surface area contributed by atoms with Crippen LogP contribution in [-0.2, 0) is 11.2 Å². The summed E-state index contributed by atoms with van der Waals surface area (Å²) in [5, 5.41) is 10.7. The van der Waals surface area contributed by atoms with E-state index in [0.717, 1.165) is 27.6 Å². The van der Waals surface area contributed by atoms with Crippen LogP contribution in [0.15, 0.2) is 47.3 Å². The number of aryl methyl sites for hydroxylation is 1. The van der Waals surface area contributed by atoms with Crippen molar-refractivity contribution in [2.45, 2.75) is 13.3 Å². The standard InChI is InChI=1S/C18H14ClNO3/c1-10-8-15-13(6-7-16(21)20-15)18(14(10)9-17(22)23)11-2-4-12(19)5-3-11/h2-8H,9H2,1H3,(H,20,21)(H,22,23). The van der Waals surface area contributed by atoms with Crippen molar-refractivity contribution < 1.29 is 9.90 Å². The zero-order chi connectivity index (χ0) is 16.6. The molecule has 2 aromatic carbocycles. The molecule has 1 aromatic heterocycles. The predicted molar refractivity (Wildman–Crippen MR) is 91.1 cm³/mol. The van der Waals surface area contributed by atoms with E-state index in [1.807, 2.05) is 25.1 Å². The van der Waals surface area contributed by atoms with Crippen molar-refractivity contribution in [3.63, 3.8) is 0 Å². The van der Waals surface area contributed by atoms with Crippen molar-refractivity contribution in [1.82, 2.24) is 4.98 Å². The number of nitrogens with one attached hydrogen (secondary N) is 1. The molecule has 0 aliphatic heterocycles. The molecule has 5 heteroatoms. The van der Waals surface area contributed by atoms with E-state index in [-0.39, 0.29) is 12.0 Å². The molecule has 0 spiro atoms. The first-order valence-corrected chi connectivity index (χ1v) is 7.47. The van der Waals surface area contributed by atoms with Gasteiger partial charge in [-0.05, 0) is 53.4 Å². The molecule has 0 aliphatic rings. The van der Waals surface area contributed by atoms with Gasteiger partial charge in [-0.15, -0.1) is 0 Å². The van der Waals surface area contributed by atoms with Crippen LogP contribution in [0.1, 0.15) is 11.1 Å². The molecule has 3 rings (SSSR count). The van der Waals surface area contributed by atoms with Gasteiger partial charge in [-0.2, -0.15) is 0 Å². The van der Waals surface area contributed by atoms with Crippen LogP contribution >= 0.6 is 11.6 Å². The Morgan fingerprint density at radius 2 is 1.87 bits per heavy atom. The number of hydrogen-bond donors (Lipinski definition) is 2. The van der Waals surface area contributed by atoms with Gasteiger partial charge in [-0.25, -0.2) is 0 Å². The molecule has 0 saturated carbocycles. The maximum atomic E-state index is 11.6. The molecular weight excluding hydrogens is 314 g/mol. The van der Waals surface area contributed by atoms with Crippen molar-refractivity contribution in [2.24, 2.45) is 0 Å². The molecule has 0 aliphatic carbocycles. The zero-order valence-electron chi connectivity index (χ0n) is 12.4. The maximum Gasteiger partial charge on any atom is 0.307 e. The number of aliphatic carboxylic acids is 1. The highest BCUT2D eigenvalue weighted by atomic mass is 35.5. The van der Waals surface area contributed by atoms with Crippen molar-refractivity contribution in [1.29, 1.82) is 0 Å². The topological polar surface area (TPSA) is 70.2 Å².